The first-order chi connectivity index (χ1) is 8.76. The van der Waals surface area contributed by atoms with E-state index in [-0.39, 0.29) is 0 Å². The summed E-state index contributed by atoms with van der Waals surface area (Å²) in [7, 11) is 1.93. The second kappa shape index (κ2) is 5.28. The molecule has 0 saturated heterocycles. The molecule has 0 saturated carbocycles. The van der Waals surface area contributed by atoms with Gasteiger partial charge in [0.15, 0.2) is 0 Å². The van der Waals surface area contributed by atoms with E-state index in [1.807, 2.05) is 37.1 Å². The van der Waals surface area contributed by atoms with Crippen LogP contribution >= 0.6 is 0 Å². The van der Waals surface area contributed by atoms with E-state index >= 15 is 0 Å². The lowest BCUT2D eigenvalue weighted by Crippen LogP contribution is -2.18. The lowest BCUT2D eigenvalue weighted by Gasteiger charge is -2.17. The number of nitrogens with zero attached hydrogens (tertiary/aromatic N) is 4. The zero-order chi connectivity index (χ0) is 13.0. The molecular weight excluding hydrogens is 224 g/mol. The van der Waals surface area contributed by atoms with Crippen LogP contribution in [-0.4, -0.2) is 23.6 Å². The number of pyridine rings is 2. The molecule has 2 aromatic heterocycles. The van der Waals surface area contributed by atoms with Crippen molar-refractivity contribution in [2.45, 2.75) is 6.92 Å². The average molecular weight is 238 g/mol. The predicted molar refractivity (Wildman–Crippen MR) is 71.1 cm³/mol. The summed E-state index contributed by atoms with van der Waals surface area (Å²) in [5.41, 5.74) is 2.54. The van der Waals surface area contributed by atoms with Crippen LogP contribution in [-0.2, 0) is 0 Å². The van der Waals surface area contributed by atoms with Gasteiger partial charge in [0.05, 0.1) is 5.56 Å². The molecule has 0 aliphatic rings. The first-order valence-electron chi connectivity index (χ1n) is 5.78. The molecule has 0 amide bonds. The van der Waals surface area contributed by atoms with Crippen molar-refractivity contribution in [3.05, 3.63) is 42.4 Å². The van der Waals surface area contributed by atoms with Gasteiger partial charge < -0.3 is 4.90 Å². The molecule has 0 radical (unpaired) electrons. The van der Waals surface area contributed by atoms with Gasteiger partial charge in [-0.05, 0) is 30.7 Å². The van der Waals surface area contributed by atoms with Crippen LogP contribution in [0, 0.1) is 11.3 Å². The van der Waals surface area contributed by atoms with Crippen molar-refractivity contribution in [3.63, 3.8) is 0 Å². The number of nitriles is 1. The van der Waals surface area contributed by atoms with E-state index in [9.17, 15) is 5.26 Å². The van der Waals surface area contributed by atoms with Gasteiger partial charge in [-0.2, -0.15) is 5.26 Å². The minimum atomic E-state index is 0.591. The molecular formula is C14H14N4. The Bertz CT molecular complexity index is 572. The molecule has 0 aromatic carbocycles. The number of rotatable bonds is 3. The van der Waals surface area contributed by atoms with E-state index in [4.69, 9.17) is 0 Å². The average Bonchev–Trinajstić information content (AvgIpc) is 2.46. The third-order valence-corrected chi connectivity index (χ3v) is 2.84. The van der Waals surface area contributed by atoms with Crippen LogP contribution in [0.3, 0.4) is 0 Å². The normalized spacial score (nSPS) is 9.83. The molecule has 0 unspecified atom stereocenters. The van der Waals surface area contributed by atoms with Gasteiger partial charge in [0.1, 0.15) is 11.9 Å². The maximum absolute atomic E-state index is 9.21. The summed E-state index contributed by atoms with van der Waals surface area (Å²) in [6.07, 6.45) is 5.25. The highest BCUT2D eigenvalue weighted by molar-refractivity contribution is 5.67. The first-order valence-corrected chi connectivity index (χ1v) is 5.78. The Morgan fingerprint density at radius 1 is 1.28 bits per heavy atom. The summed E-state index contributed by atoms with van der Waals surface area (Å²) in [5.74, 6) is 0.720. The monoisotopic (exact) mass is 238 g/mol. The highest BCUT2D eigenvalue weighted by atomic mass is 15.2. The van der Waals surface area contributed by atoms with Crippen LogP contribution in [0.25, 0.3) is 11.1 Å². The SMILES string of the molecule is CCN(C)c1ncc(-c2ccncc2)cc1C#N. The molecule has 18 heavy (non-hydrogen) atoms. The molecule has 0 aliphatic heterocycles. The second-order valence-electron chi connectivity index (χ2n) is 3.96. The van der Waals surface area contributed by atoms with Gasteiger partial charge in [-0.1, -0.05) is 0 Å². The molecule has 4 nitrogen and oxygen atoms in total. The third kappa shape index (κ3) is 2.30. The van der Waals surface area contributed by atoms with E-state index < -0.39 is 0 Å². The van der Waals surface area contributed by atoms with Crippen LogP contribution in [0.2, 0.25) is 0 Å². The van der Waals surface area contributed by atoms with E-state index in [2.05, 4.69) is 16.0 Å². The van der Waals surface area contributed by atoms with Gasteiger partial charge in [0, 0.05) is 37.7 Å². The van der Waals surface area contributed by atoms with Crippen LogP contribution in [0.4, 0.5) is 5.82 Å². The molecule has 90 valence electrons. The van der Waals surface area contributed by atoms with Crippen molar-refractivity contribution in [1.29, 1.82) is 5.26 Å². The van der Waals surface area contributed by atoms with E-state index in [1.165, 1.54) is 0 Å². The molecule has 0 fully saturated rings. The molecule has 0 aliphatic carbocycles. The topological polar surface area (TPSA) is 52.8 Å². The molecule has 2 heterocycles. The number of aromatic nitrogens is 2. The van der Waals surface area contributed by atoms with Crippen molar-refractivity contribution in [2.75, 3.05) is 18.5 Å². The van der Waals surface area contributed by atoms with E-state index in [1.54, 1.807) is 18.6 Å². The minimum absolute atomic E-state index is 0.591. The second-order valence-corrected chi connectivity index (χ2v) is 3.96. The van der Waals surface area contributed by atoms with Crippen molar-refractivity contribution >= 4 is 5.82 Å². The number of hydrogen-bond donors (Lipinski definition) is 0. The van der Waals surface area contributed by atoms with Gasteiger partial charge in [-0.25, -0.2) is 4.98 Å². The van der Waals surface area contributed by atoms with Gasteiger partial charge in [0.25, 0.3) is 0 Å². The highest BCUT2D eigenvalue weighted by Crippen LogP contribution is 2.23. The van der Waals surface area contributed by atoms with Crippen molar-refractivity contribution < 1.29 is 0 Å². The quantitative estimate of drug-likeness (QED) is 0.824. The Morgan fingerprint density at radius 3 is 2.61 bits per heavy atom. The Balaban J connectivity index is 2.46. The Labute approximate surface area is 107 Å². The lowest BCUT2D eigenvalue weighted by atomic mass is 10.1. The van der Waals surface area contributed by atoms with Crippen molar-refractivity contribution in [2.24, 2.45) is 0 Å². The minimum Gasteiger partial charge on any atom is -0.359 e. The Kier molecular flexibility index (Phi) is 3.54. The summed E-state index contributed by atoms with van der Waals surface area (Å²) in [6.45, 7) is 2.84. The van der Waals surface area contributed by atoms with Gasteiger partial charge in [0.2, 0.25) is 0 Å². The van der Waals surface area contributed by atoms with E-state index in [0.717, 1.165) is 23.5 Å². The largest absolute Gasteiger partial charge is 0.359 e. The van der Waals surface area contributed by atoms with Crippen LogP contribution < -0.4 is 4.90 Å². The van der Waals surface area contributed by atoms with Crippen LogP contribution in [0.5, 0.6) is 0 Å². The smallest absolute Gasteiger partial charge is 0.146 e. The molecule has 2 rings (SSSR count). The fraction of sp³-hybridized carbons (Fsp3) is 0.214. The Hall–Kier alpha value is -2.41. The predicted octanol–water partition coefficient (Wildman–Crippen LogP) is 2.47. The van der Waals surface area contributed by atoms with Crippen LogP contribution in [0.1, 0.15) is 12.5 Å². The van der Waals surface area contributed by atoms with E-state index in [0.29, 0.717) is 5.56 Å². The van der Waals surface area contributed by atoms with Crippen molar-refractivity contribution in [3.8, 4) is 17.2 Å². The third-order valence-electron chi connectivity index (χ3n) is 2.84. The van der Waals surface area contributed by atoms with Crippen LogP contribution in [0.15, 0.2) is 36.8 Å². The van der Waals surface area contributed by atoms with Crippen molar-refractivity contribution in [1.82, 2.24) is 9.97 Å². The standard InChI is InChI=1S/C14H14N4/c1-3-18(2)14-12(9-15)8-13(10-17-14)11-4-6-16-7-5-11/h4-8,10H,3H2,1-2H3. The molecule has 2 aromatic rings. The number of hydrogen-bond acceptors (Lipinski definition) is 4. The Morgan fingerprint density at radius 2 is 2.00 bits per heavy atom. The summed E-state index contributed by atoms with van der Waals surface area (Å²) in [5, 5.41) is 9.21. The molecule has 4 heteroatoms. The summed E-state index contributed by atoms with van der Waals surface area (Å²) >= 11 is 0. The highest BCUT2D eigenvalue weighted by Gasteiger charge is 2.09. The van der Waals surface area contributed by atoms with Gasteiger partial charge in [-0.3, -0.25) is 4.98 Å². The summed E-state index contributed by atoms with van der Waals surface area (Å²) in [4.78, 5) is 10.3. The summed E-state index contributed by atoms with van der Waals surface area (Å²) in [6, 6.07) is 7.87. The molecule has 0 spiro atoms. The zero-order valence-electron chi connectivity index (χ0n) is 10.5. The maximum Gasteiger partial charge on any atom is 0.146 e. The maximum atomic E-state index is 9.21. The van der Waals surface area contributed by atoms with Gasteiger partial charge >= 0.3 is 0 Å². The fourth-order valence-corrected chi connectivity index (χ4v) is 1.70. The first kappa shape index (κ1) is 12.1. The summed E-state index contributed by atoms with van der Waals surface area (Å²) < 4.78 is 0. The lowest BCUT2D eigenvalue weighted by molar-refractivity contribution is 0.935. The number of anilines is 1. The zero-order valence-corrected chi connectivity index (χ0v) is 10.5. The van der Waals surface area contributed by atoms with Gasteiger partial charge in [-0.15, -0.1) is 0 Å². The molecule has 0 atom stereocenters. The molecule has 0 bridgehead atoms. The fourth-order valence-electron chi connectivity index (χ4n) is 1.70. The molecule has 0 N–H and O–H groups in total.